The van der Waals surface area contributed by atoms with Crippen molar-refractivity contribution >= 4 is 45.9 Å². The number of ether oxygens (including phenoxy) is 1. The van der Waals surface area contributed by atoms with Crippen LogP contribution >= 0.6 is 0 Å². The van der Waals surface area contributed by atoms with E-state index in [0.29, 0.717) is 42.8 Å². The van der Waals surface area contributed by atoms with Crippen molar-refractivity contribution < 1.29 is 27.9 Å². The fourth-order valence-corrected chi connectivity index (χ4v) is 10.5. The van der Waals surface area contributed by atoms with Crippen molar-refractivity contribution in [3.63, 3.8) is 0 Å². The molecule has 0 radical (unpaired) electrons. The molecule has 1 saturated carbocycles. The zero-order valence-corrected chi connectivity index (χ0v) is 36.2. The number of likely N-dealkylation sites (tertiary alicyclic amines) is 1. The maximum atomic E-state index is 14.3. The summed E-state index contributed by atoms with van der Waals surface area (Å²) in [6.45, 7) is 8.46. The molecule has 1 aromatic carbocycles. The van der Waals surface area contributed by atoms with Crippen molar-refractivity contribution in [2.75, 3.05) is 42.9 Å². The number of hydrogen-bond donors (Lipinski definition) is 2. The third-order valence-electron chi connectivity index (χ3n) is 13.7. The lowest BCUT2D eigenvalue weighted by molar-refractivity contribution is -0.135. The summed E-state index contributed by atoms with van der Waals surface area (Å²) in [7, 11) is 1.75. The number of rotatable bonds is 12. The highest BCUT2D eigenvalue weighted by Gasteiger charge is 2.33. The highest BCUT2D eigenvalue weighted by Crippen LogP contribution is 2.36. The van der Waals surface area contributed by atoms with Gasteiger partial charge in [0.25, 0.3) is 12.3 Å². The molecule has 16 nitrogen and oxygen atoms in total. The van der Waals surface area contributed by atoms with Gasteiger partial charge in [-0.3, -0.25) is 33.5 Å². The fraction of sp³-hybridized carbons (Fsp3) is 0.578. The number of aryl methyl sites for hydroxylation is 2. The first-order valence-electron chi connectivity index (χ1n) is 22.6. The molecule has 2 N–H and O–H groups in total. The molecule has 4 aliphatic rings. The highest BCUT2D eigenvalue weighted by atomic mass is 19.3. The zero-order valence-electron chi connectivity index (χ0n) is 36.2. The number of nitrogens with zero attached hydrogens (tertiary/aromatic N) is 9. The van der Waals surface area contributed by atoms with E-state index in [0.717, 1.165) is 94.0 Å². The molecular formula is C45H57F2N11O5. The number of amides is 3. The minimum absolute atomic E-state index is 0.00197. The number of imide groups is 1. The van der Waals surface area contributed by atoms with Gasteiger partial charge in [0.2, 0.25) is 11.8 Å². The molecule has 3 saturated heterocycles. The Balaban J connectivity index is 0.750. The molecule has 1 aliphatic carbocycles. The minimum Gasteiger partial charge on any atom is -0.372 e. The number of carbonyl (C=O) groups excluding carboxylic acids is 3. The topological polar surface area (TPSA) is 166 Å². The first kappa shape index (κ1) is 42.8. The van der Waals surface area contributed by atoms with Crippen LogP contribution in [0, 0.1) is 11.8 Å². The number of hydrogen-bond acceptors (Lipinski definition) is 10. The molecule has 0 bridgehead atoms. The Morgan fingerprint density at radius 1 is 0.984 bits per heavy atom. The van der Waals surface area contributed by atoms with Gasteiger partial charge >= 0.3 is 5.69 Å². The van der Waals surface area contributed by atoms with E-state index in [4.69, 9.17) is 9.72 Å². The third kappa shape index (κ3) is 8.88. The molecule has 0 spiro atoms. The molecule has 4 fully saturated rings. The van der Waals surface area contributed by atoms with Crippen LogP contribution in [0.15, 0.2) is 47.7 Å². The van der Waals surface area contributed by atoms with E-state index in [-0.39, 0.29) is 47.5 Å². The van der Waals surface area contributed by atoms with Crippen LogP contribution in [0.3, 0.4) is 0 Å². The summed E-state index contributed by atoms with van der Waals surface area (Å²) >= 11 is 0. The van der Waals surface area contributed by atoms with Crippen LogP contribution in [0.2, 0.25) is 0 Å². The van der Waals surface area contributed by atoms with Crippen LogP contribution < -0.4 is 21.2 Å². The molecule has 336 valence electrons. The normalized spacial score (nSPS) is 24.2. The molecule has 1 unspecified atom stereocenters. The number of fused-ring (bicyclic) bond motifs is 2. The quantitative estimate of drug-likeness (QED) is 0.146. The van der Waals surface area contributed by atoms with Gasteiger partial charge in [-0.25, -0.2) is 23.1 Å². The Kier molecular flexibility index (Phi) is 12.2. The number of benzene rings is 1. The standard InChI is InChI=1S/C45H57F2N11O5/c1-27-23-55(24-28(2)63-27)37-18-21-56-42(50-37)33(22-48-56)43(60)49-34-26-57(52-39(34)41(46)47)32-12-10-30(11-13-32)25-54-19-16-29(17-20-54)6-4-7-31-8-5-9-35-40(31)53(3)45(62)58(35)36-14-15-38(59)51-44(36)61/h5,8-9,18,21-22,26-30,32,36,41H,4,6-7,10-17,19-20,23-25H2,1-3H3,(H,49,60)(H,51,59,61)/t27-,28-,30?,32?,36?/m0/s1. The lowest BCUT2D eigenvalue weighted by Crippen LogP contribution is -2.45. The number of halogens is 2. The second-order valence-corrected chi connectivity index (χ2v) is 18.2. The molecule has 63 heavy (non-hydrogen) atoms. The predicted molar refractivity (Wildman–Crippen MR) is 232 cm³/mol. The second kappa shape index (κ2) is 17.9. The number of carbonyl (C=O) groups is 3. The van der Waals surface area contributed by atoms with Crippen molar-refractivity contribution in [1.29, 1.82) is 0 Å². The van der Waals surface area contributed by atoms with Gasteiger partial charge < -0.3 is 19.9 Å². The maximum absolute atomic E-state index is 14.3. The summed E-state index contributed by atoms with van der Waals surface area (Å²) in [6.07, 6.45) is 11.3. The fourth-order valence-electron chi connectivity index (χ4n) is 10.5. The van der Waals surface area contributed by atoms with Crippen LogP contribution in [0.25, 0.3) is 16.7 Å². The summed E-state index contributed by atoms with van der Waals surface area (Å²) in [5.41, 5.74) is 2.52. The number of piperidine rings is 2. The zero-order chi connectivity index (χ0) is 43.9. The van der Waals surface area contributed by atoms with Crippen molar-refractivity contribution in [1.82, 2.24) is 43.7 Å². The van der Waals surface area contributed by atoms with Crippen LogP contribution in [-0.4, -0.2) is 101 Å². The van der Waals surface area contributed by atoms with Gasteiger partial charge in [-0.15, -0.1) is 0 Å². The highest BCUT2D eigenvalue weighted by molar-refractivity contribution is 6.08. The van der Waals surface area contributed by atoms with Gasteiger partial charge in [0, 0.05) is 45.5 Å². The monoisotopic (exact) mass is 869 g/mol. The lowest BCUT2D eigenvalue weighted by Gasteiger charge is -2.36. The van der Waals surface area contributed by atoms with Crippen LogP contribution in [-0.2, 0) is 27.8 Å². The van der Waals surface area contributed by atoms with Crippen molar-refractivity contribution in [2.45, 2.75) is 115 Å². The summed E-state index contributed by atoms with van der Waals surface area (Å²) < 4.78 is 40.8. The smallest absolute Gasteiger partial charge is 0.329 e. The molecule has 5 aromatic rings. The summed E-state index contributed by atoms with van der Waals surface area (Å²) in [6, 6.07) is 7.02. The van der Waals surface area contributed by atoms with E-state index in [1.807, 2.05) is 32.0 Å². The number of anilines is 2. The average molecular weight is 870 g/mol. The third-order valence-corrected chi connectivity index (χ3v) is 13.7. The Labute approximate surface area is 363 Å². The van der Waals surface area contributed by atoms with Gasteiger partial charge in [-0.05, 0) is 114 Å². The predicted octanol–water partition coefficient (Wildman–Crippen LogP) is 5.83. The molecular weight excluding hydrogens is 813 g/mol. The molecule has 9 rings (SSSR count). The van der Waals surface area contributed by atoms with Gasteiger partial charge in [-0.1, -0.05) is 18.6 Å². The molecule has 3 amide bonds. The van der Waals surface area contributed by atoms with Gasteiger partial charge in [0.15, 0.2) is 11.3 Å². The Morgan fingerprint density at radius 2 is 1.75 bits per heavy atom. The largest absolute Gasteiger partial charge is 0.372 e. The van der Waals surface area contributed by atoms with E-state index in [1.165, 1.54) is 10.7 Å². The van der Waals surface area contributed by atoms with Crippen LogP contribution in [0.1, 0.15) is 118 Å². The van der Waals surface area contributed by atoms with Crippen molar-refractivity contribution in [2.24, 2.45) is 18.9 Å². The van der Waals surface area contributed by atoms with E-state index in [1.54, 1.807) is 33.3 Å². The number of nitrogens with one attached hydrogen (secondary N) is 2. The number of alkyl halides is 2. The van der Waals surface area contributed by atoms with Gasteiger partial charge in [-0.2, -0.15) is 10.2 Å². The van der Waals surface area contributed by atoms with E-state index >= 15 is 0 Å². The summed E-state index contributed by atoms with van der Waals surface area (Å²) in [5, 5.41) is 13.7. The number of morpholine rings is 1. The van der Waals surface area contributed by atoms with Crippen LogP contribution in [0.4, 0.5) is 20.3 Å². The maximum Gasteiger partial charge on any atom is 0.329 e. The summed E-state index contributed by atoms with van der Waals surface area (Å²) in [4.78, 5) is 60.7. The average Bonchev–Trinajstić information content (AvgIpc) is 3.96. The van der Waals surface area contributed by atoms with Gasteiger partial charge in [0.1, 0.15) is 17.4 Å². The molecule has 18 heteroatoms. The SMILES string of the molecule is C[C@H]1CN(c2ccn3ncc(C(=O)Nc4cn(C5CCC(CN6CCC(CCCc7cccc8c7n(C)c(=O)n8C7CCC(=O)NC7=O)CC6)CC5)nc4C(F)F)c3n2)C[C@H](C)O1. The Morgan fingerprint density at radius 3 is 2.48 bits per heavy atom. The number of para-hydroxylation sites is 1. The van der Waals surface area contributed by atoms with Gasteiger partial charge in [0.05, 0.1) is 41.2 Å². The van der Waals surface area contributed by atoms with Crippen molar-refractivity contribution in [3.05, 3.63) is 70.2 Å². The minimum atomic E-state index is -2.86. The van der Waals surface area contributed by atoms with E-state index < -0.39 is 30.0 Å². The van der Waals surface area contributed by atoms with E-state index in [9.17, 15) is 28.0 Å². The Bertz CT molecular complexity index is 2540. The van der Waals surface area contributed by atoms with Crippen LogP contribution in [0.5, 0.6) is 0 Å². The molecule has 3 atom stereocenters. The Hall–Kier alpha value is -5.49. The first-order chi connectivity index (χ1) is 30.4. The first-order valence-corrected chi connectivity index (χ1v) is 22.6. The summed E-state index contributed by atoms with van der Waals surface area (Å²) in [5.74, 6) is 0.553. The van der Waals surface area contributed by atoms with E-state index in [2.05, 4.69) is 36.7 Å². The van der Waals surface area contributed by atoms with Crippen molar-refractivity contribution in [3.8, 4) is 0 Å². The number of imidazole rings is 1. The second-order valence-electron chi connectivity index (χ2n) is 18.2. The molecule has 4 aromatic heterocycles. The molecule has 7 heterocycles. The molecule has 3 aliphatic heterocycles. The lowest BCUT2D eigenvalue weighted by atomic mass is 9.84. The number of aromatic nitrogens is 7.